The molecule has 5 nitrogen and oxygen atoms in total. The van der Waals surface area contributed by atoms with Crippen molar-refractivity contribution in [2.45, 2.75) is 13.0 Å². The van der Waals surface area contributed by atoms with E-state index >= 15 is 0 Å². The average molecular weight is 313 g/mol. The van der Waals surface area contributed by atoms with E-state index in [1.165, 1.54) is 0 Å². The second-order valence-corrected chi connectivity index (χ2v) is 3.68. The molecule has 1 rings (SSSR count). The first-order valence-electron chi connectivity index (χ1n) is 5.28. The lowest BCUT2D eigenvalue weighted by Gasteiger charge is -2.13. The van der Waals surface area contributed by atoms with Gasteiger partial charge in [0.05, 0.1) is 7.11 Å². The quantitative estimate of drug-likeness (QED) is 0.305. The predicted molar refractivity (Wildman–Crippen MR) is 56.9 cm³/mol. The molecule has 0 aliphatic carbocycles. The van der Waals surface area contributed by atoms with Crippen LogP contribution in [0, 0.1) is 29.1 Å². The Morgan fingerprint density at radius 1 is 0.952 bits per heavy atom. The summed E-state index contributed by atoms with van der Waals surface area (Å²) in [7, 11) is 0.984. The van der Waals surface area contributed by atoms with Crippen LogP contribution in [0.2, 0.25) is 0 Å². The number of hydrogen-bond donors (Lipinski definition) is 1. The topological polar surface area (TPSA) is 64.6 Å². The lowest BCUT2D eigenvalue weighted by Crippen LogP contribution is -2.41. The summed E-state index contributed by atoms with van der Waals surface area (Å²) in [5.41, 5.74) is 0. The number of alkyl carbamates (subject to hydrolysis) is 1. The molecular weight excluding hydrogens is 305 g/mol. The maximum Gasteiger partial charge on any atom is 0.407 e. The average Bonchev–Trinajstić information content (AvgIpc) is 2.46. The van der Waals surface area contributed by atoms with Crippen LogP contribution in [0.3, 0.4) is 0 Å². The number of carbonyl (C=O) groups excluding carboxylic acids is 2. The Labute approximate surface area is 114 Å². The molecule has 0 spiro atoms. The zero-order valence-corrected chi connectivity index (χ0v) is 10.6. The number of carbonyl (C=O) groups is 2. The summed E-state index contributed by atoms with van der Waals surface area (Å²) in [6.45, 7) is 1.05. The molecule has 0 unspecified atom stereocenters. The fourth-order valence-corrected chi connectivity index (χ4v) is 1.16. The van der Waals surface area contributed by atoms with E-state index in [0.29, 0.717) is 0 Å². The second-order valence-electron chi connectivity index (χ2n) is 3.68. The van der Waals surface area contributed by atoms with Crippen LogP contribution >= 0.6 is 0 Å². The van der Waals surface area contributed by atoms with Gasteiger partial charge in [0.2, 0.25) is 34.8 Å². The number of halogens is 5. The summed E-state index contributed by atoms with van der Waals surface area (Å²) in [6.07, 6.45) is -1.06. The molecule has 0 aliphatic heterocycles. The normalized spacial score (nSPS) is 11.8. The second kappa shape index (κ2) is 6.37. The Morgan fingerprint density at radius 2 is 1.38 bits per heavy atom. The zero-order chi connectivity index (χ0) is 16.3. The van der Waals surface area contributed by atoms with Gasteiger partial charge in [-0.2, -0.15) is 8.78 Å². The van der Waals surface area contributed by atoms with Gasteiger partial charge in [0.15, 0.2) is 0 Å². The summed E-state index contributed by atoms with van der Waals surface area (Å²) in [4.78, 5) is 22.2. The smallest absolute Gasteiger partial charge is 0.407 e. The fourth-order valence-electron chi connectivity index (χ4n) is 1.16. The maximum atomic E-state index is 13.2. The SMILES string of the molecule is COC(=O)N[C@@H](C)C(=O)Oc1c(F)c(F)c(F)c(F)c1F. The van der Waals surface area contributed by atoms with E-state index in [1.54, 1.807) is 0 Å². The van der Waals surface area contributed by atoms with Crippen molar-refractivity contribution in [3.05, 3.63) is 29.1 Å². The molecule has 116 valence electrons. The molecule has 1 aromatic rings. The molecule has 21 heavy (non-hydrogen) atoms. The van der Waals surface area contributed by atoms with Gasteiger partial charge in [-0.25, -0.2) is 22.8 Å². The molecule has 1 atom stereocenters. The van der Waals surface area contributed by atoms with Crippen LogP contribution < -0.4 is 10.1 Å². The molecule has 0 aliphatic rings. The van der Waals surface area contributed by atoms with Crippen molar-refractivity contribution in [2.24, 2.45) is 0 Å². The van der Waals surface area contributed by atoms with Gasteiger partial charge < -0.3 is 14.8 Å². The highest BCUT2D eigenvalue weighted by molar-refractivity contribution is 5.82. The molecule has 0 saturated heterocycles. The van der Waals surface area contributed by atoms with Crippen LogP contribution in [0.25, 0.3) is 0 Å². The Morgan fingerprint density at radius 3 is 1.81 bits per heavy atom. The molecule has 10 heteroatoms. The number of methoxy groups -OCH3 is 1. The van der Waals surface area contributed by atoms with E-state index < -0.39 is 52.9 Å². The molecule has 1 amide bonds. The molecule has 0 heterocycles. The van der Waals surface area contributed by atoms with Crippen LogP contribution in [0.4, 0.5) is 26.7 Å². The van der Waals surface area contributed by atoms with Crippen LogP contribution in [0.15, 0.2) is 0 Å². The first kappa shape index (κ1) is 16.7. The number of ether oxygens (including phenoxy) is 2. The molecule has 0 bridgehead atoms. The maximum absolute atomic E-state index is 13.2. The van der Waals surface area contributed by atoms with Crippen LogP contribution in [0.5, 0.6) is 5.75 Å². The van der Waals surface area contributed by atoms with Gasteiger partial charge in [-0.1, -0.05) is 0 Å². The minimum Gasteiger partial charge on any atom is -0.453 e. The third kappa shape index (κ3) is 3.38. The highest BCUT2D eigenvalue weighted by atomic mass is 19.2. The number of rotatable bonds is 3. The number of benzene rings is 1. The molecule has 1 aromatic carbocycles. The summed E-state index contributed by atoms with van der Waals surface area (Å²) in [5, 5.41) is 1.89. The van der Waals surface area contributed by atoms with Crippen LogP contribution in [-0.4, -0.2) is 25.2 Å². The number of amides is 1. The molecular formula is C11H8F5NO4. The fraction of sp³-hybridized carbons (Fsp3) is 0.273. The van der Waals surface area contributed by atoms with Crippen molar-refractivity contribution in [2.75, 3.05) is 7.11 Å². The zero-order valence-electron chi connectivity index (χ0n) is 10.6. The van der Waals surface area contributed by atoms with E-state index in [4.69, 9.17) is 0 Å². The van der Waals surface area contributed by atoms with Crippen molar-refractivity contribution < 1.29 is 41.0 Å². The highest BCUT2D eigenvalue weighted by Crippen LogP contribution is 2.29. The van der Waals surface area contributed by atoms with E-state index in [9.17, 15) is 31.5 Å². The Balaban J connectivity index is 3.04. The molecule has 0 aromatic heterocycles. The van der Waals surface area contributed by atoms with Crippen molar-refractivity contribution in [3.8, 4) is 5.75 Å². The molecule has 0 fully saturated rings. The first-order valence-corrected chi connectivity index (χ1v) is 5.28. The Kier molecular flexibility index (Phi) is 5.06. The van der Waals surface area contributed by atoms with Gasteiger partial charge in [0.1, 0.15) is 6.04 Å². The van der Waals surface area contributed by atoms with Crippen molar-refractivity contribution in [1.29, 1.82) is 0 Å². The highest BCUT2D eigenvalue weighted by Gasteiger charge is 2.30. The van der Waals surface area contributed by atoms with Gasteiger partial charge in [0, 0.05) is 0 Å². The van der Waals surface area contributed by atoms with Crippen molar-refractivity contribution in [3.63, 3.8) is 0 Å². The summed E-state index contributed by atoms with van der Waals surface area (Å²) >= 11 is 0. The lowest BCUT2D eigenvalue weighted by molar-refractivity contribution is -0.136. The summed E-state index contributed by atoms with van der Waals surface area (Å²) < 4.78 is 73.3. The standard InChI is InChI=1S/C11H8F5NO4/c1-3(17-11(19)20-2)10(18)21-9-7(15)5(13)4(12)6(14)8(9)16/h3H,1-2H3,(H,17,19)/t3-/m0/s1. The van der Waals surface area contributed by atoms with Gasteiger partial charge >= 0.3 is 12.1 Å². The summed E-state index contributed by atoms with van der Waals surface area (Å²) in [5.74, 6) is -14.7. The predicted octanol–water partition coefficient (Wildman–Crippen LogP) is 2.03. The third-order valence-corrected chi connectivity index (χ3v) is 2.25. The van der Waals surface area contributed by atoms with Crippen molar-refractivity contribution in [1.82, 2.24) is 5.32 Å². The van der Waals surface area contributed by atoms with E-state index in [1.807, 2.05) is 5.32 Å². The Hall–Kier alpha value is -2.39. The van der Waals surface area contributed by atoms with Gasteiger partial charge in [-0.05, 0) is 6.92 Å². The monoisotopic (exact) mass is 313 g/mol. The number of nitrogens with one attached hydrogen (secondary N) is 1. The van der Waals surface area contributed by atoms with Crippen LogP contribution in [-0.2, 0) is 9.53 Å². The van der Waals surface area contributed by atoms with Gasteiger partial charge in [0.25, 0.3) is 0 Å². The summed E-state index contributed by atoms with van der Waals surface area (Å²) in [6, 6.07) is -1.45. The molecule has 1 N–H and O–H groups in total. The van der Waals surface area contributed by atoms with E-state index in [0.717, 1.165) is 14.0 Å². The van der Waals surface area contributed by atoms with Gasteiger partial charge in [-0.15, -0.1) is 0 Å². The first-order chi connectivity index (χ1) is 9.70. The van der Waals surface area contributed by atoms with E-state index in [-0.39, 0.29) is 0 Å². The van der Waals surface area contributed by atoms with Gasteiger partial charge in [-0.3, -0.25) is 0 Å². The minimum atomic E-state index is -2.38. The lowest BCUT2D eigenvalue weighted by atomic mass is 10.2. The third-order valence-electron chi connectivity index (χ3n) is 2.25. The largest absolute Gasteiger partial charge is 0.453 e. The number of esters is 1. The van der Waals surface area contributed by atoms with E-state index in [2.05, 4.69) is 9.47 Å². The molecule has 0 radical (unpaired) electrons. The number of hydrogen-bond acceptors (Lipinski definition) is 4. The Bertz CT molecular complexity index is 563. The van der Waals surface area contributed by atoms with Crippen LogP contribution in [0.1, 0.15) is 6.92 Å². The molecule has 0 saturated carbocycles. The minimum absolute atomic E-state index is 0.984. The van der Waals surface area contributed by atoms with Crippen molar-refractivity contribution >= 4 is 12.1 Å².